The molecule has 0 spiro atoms. The van der Waals surface area contributed by atoms with E-state index in [-0.39, 0.29) is 116 Å². The van der Waals surface area contributed by atoms with E-state index < -0.39 is 0 Å². The largest absolute Gasteiger partial charge is 0 e. The quantitative estimate of drug-likeness (QED) is 0.425. The first-order valence-corrected chi connectivity index (χ1v) is 0. The molecule has 0 aromatic carbocycles. The van der Waals surface area contributed by atoms with Crippen LogP contribution in [0.5, 0.6) is 0 Å². The number of hydrogen-bond acceptors (Lipinski definition) is 0. The number of hydrogen-bond donors (Lipinski definition) is 0. The Morgan fingerprint density at radius 2 is 1.00 bits per heavy atom. The predicted octanol–water partition coefficient (Wildman–Crippen LogP) is -2.38. The van der Waals surface area contributed by atoms with Crippen LogP contribution in [0.1, 0.15) is 0 Å². The third kappa shape index (κ3) is 18.2. The molecule has 0 heterocycles. The maximum absolute atomic E-state index is 0. The van der Waals surface area contributed by atoms with Crippen molar-refractivity contribution in [2.75, 3.05) is 0 Å². The topological polar surface area (TPSA) is 0 Å². The van der Waals surface area contributed by atoms with Crippen LogP contribution in [0.4, 0.5) is 0 Å². The molecule has 0 saturated carbocycles. The zero-order chi connectivity index (χ0) is 0. The first kappa shape index (κ1) is 37.0. The SMILES string of the molecule is [MgH2].[Mn].[SnH4].[Y].[Zn]. The molecule has 0 saturated heterocycles. The molecule has 0 N–H and O–H groups in total. The molecule has 0 aromatic heterocycles. The normalized spacial score (nSPS) is 0. The van der Waals surface area contributed by atoms with Crippen LogP contribution in [0.3, 0.4) is 0 Å². The van der Waals surface area contributed by atoms with Crippen LogP contribution in [0.15, 0.2) is 0 Å². The molecule has 0 atom stereocenters. The Hall–Kier alpha value is 3.81. The van der Waals surface area contributed by atoms with Gasteiger partial charge in [-0.15, -0.1) is 0 Å². The van der Waals surface area contributed by atoms with Crippen LogP contribution in [-0.2, 0) is 69.3 Å². The molecular formula is H6MgMnSnYZn. The van der Waals surface area contributed by atoms with Gasteiger partial charge in [0.2, 0.25) is 0 Å². The molecule has 0 aliphatic carbocycles. The van der Waals surface area contributed by atoms with Gasteiger partial charge in [0.15, 0.2) is 0 Å². The van der Waals surface area contributed by atoms with Crippen LogP contribution < -0.4 is 0 Å². The van der Waals surface area contributed by atoms with Crippen molar-refractivity contribution < 1.29 is 69.3 Å². The third-order valence-corrected chi connectivity index (χ3v) is 0. The van der Waals surface area contributed by atoms with E-state index in [4.69, 9.17) is 0 Å². The summed E-state index contributed by atoms with van der Waals surface area (Å²) < 4.78 is 0. The molecule has 5 heteroatoms. The molecule has 0 aliphatic heterocycles. The van der Waals surface area contributed by atoms with E-state index in [1.54, 1.807) is 0 Å². The van der Waals surface area contributed by atoms with Crippen molar-refractivity contribution in [2.24, 2.45) is 0 Å². The third-order valence-electron chi connectivity index (χ3n) is 0. The predicted molar refractivity (Wildman–Crippen MR) is 19.9 cm³/mol. The van der Waals surface area contributed by atoms with Gasteiger partial charge in [-0.25, -0.2) is 0 Å². The molecule has 0 nitrogen and oxygen atoms in total. The molecule has 0 fully saturated rings. The van der Waals surface area contributed by atoms with E-state index >= 15 is 0 Å². The van der Waals surface area contributed by atoms with Gasteiger partial charge in [0.1, 0.15) is 0 Å². The van der Waals surface area contributed by atoms with Crippen molar-refractivity contribution in [3.63, 3.8) is 0 Å². The van der Waals surface area contributed by atoms with E-state index in [1.165, 1.54) is 0 Å². The summed E-state index contributed by atoms with van der Waals surface area (Å²) in [7, 11) is 0. The second-order valence-corrected chi connectivity index (χ2v) is 0. The molecule has 2 radical (unpaired) electrons. The van der Waals surface area contributed by atoms with E-state index in [9.17, 15) is 0 Å². The Balaban J connectivity index is 0. The van der Waals surface area contributed by atoms with Gasteiger partial charge in [-0.3, -0.25) is 0 Å². The minimum atomic E-state index is 0. The Bertz CT molecular complexity index is 11.6. The fourth-order valence-corrected chi connectivity index (χ4v) is 0. The molecule has 0 rings (SSSR count). The minimum absolute atomic E-state index is 0. The number of rotatable bonds is 0. The summed E-state index contributed by atoms with van der Waals surface area (Å²) >= 11 is 0. The van der Waals surface area contributed by atoms with Gasteiger partial charge in [0, 0.05) is 69.3 Å². The van der Waals surface area contributed by atoms with Gasteiger partial charge in [-0.2, -0.15) is 0 Å². The summed E-state index contributed by atoms with van der Waals surface area (Å²) in [6.45, 7) is 0. The maximum Gasteiger partial charge on any atom is 0 e. The van der Waals surface area contributed by atoms with Gasteiger partial charge in [0.05, 0.1) is 0 Å². The van der Waals surface area contributed by atoms with Crippen molar-refractivity contribution in [2.45, 2.75) is 0 Å². The van der Waals surface area contributed by atoms with Crippen LogP contribution in [0.2, 0.25) is 0 Å². The van der Waals surface area contributed by atoms with Crippen molar-refractivity contribution in [1.82, 2.24) is 0 Å². The Labute approximate surface area is 114 Å². The van der Waals surface area contributed by atoms with Crippen LogP contribution in [-0.4, -0.2) is 47.0 Å². The average molecular weight is 358 g/mol. The van der Waals surface area contributed by atoms with E-state index in [1.807, 2.05) is 0 Å². The summed E-state index contributed by atoms with van der Waals surface area (Å²) in [5, 5.41) is 0. The van der Waals surface area contributed by atoms with Crippen molar-refractivity contribution in [3.05, 3.63) is 0 Å². The summed E-state index contributed by atoms with van der Waals surface area (Å²) in [6, 6.07) is 0. The van der Waals surface area contributed by atoms with Gasteiger partial charge in [0.25, 0.3) is 0 Å². The molecule has 0 unspecified atom stereocenters. The monoisotopic (exact) mass is 358 g/mol. The summed E-state index contributed by atoms with van der Waals surface area (Å²) in [4.78, 5) is 0. The van der Waals surface area contributed by atoms with Crippen LogP contribution >= 0.6 is 0 Å². The second-order valence-electron chi connectivity index (χ2n) is 0. The smallest absolute Gasteiger partial charge is 0 e. The van der Waals surface area contributed by atoms with Gasteiger partial charge in [-0.1, -0.05) is 0 Å². The van der Waals surface area contributed by atoms with Gasteiger partial charge >= 0.3 is 47.0 Å². The van der Waals surface area contributed by atoms with Crippen LogP contribution in [0.25, 0.3) is 0 Å². The fourth-order valence-electron chi connectivity index (χ4n) is 0. The molecule has 0 bridgehead atoms. The standard InChI is InChI=1S/Mg.Mn.Sn.Y.Zn.6H. The average Bonchev–Trinajstić information content (AvgIpc) is 0. The van der Waals surface area contributed by atoms with E-state index in [0.29, 0.717) is 0 Å². The fraction of sp³-hybridized carbons (Fsp3) is 0. The first-order valence-electron chi connectivity index (χ1n) is 0. The molecule has 5 heavy (non-hydrogen) atoms. The van der Waals surface area contributed by atoms with Crippen molar-refractivity contribution in [3.8, 4) is 0 Å². The van der Waals surface area contributed by atoms with Crippen molar-refractivity contribution in [1.29, 1.82) is 0 Å². The zero-order valence-electron chi connectivity index (χ0n) is 1.66. The minimum Gasteiger partial charge on any atom is 0 e. The van der Waals surface area contributed by atoms with Gasteiger partial charge in [-0.05, 0) is 0 Å². The molecule has 0 aromatic rings. The Morgan fingerprint density at radius 1 is 1.00 bits per heavy atom. The summed E-state index contributed by atoms with van der Waals surface area (Å²) in [6.07, 6.45) is 0. The van der Waals surface area contributed by atoms with E-state index in [0.717, 1.165) is 0 Å². The molecule has 24 valence electrons. The van der Waals surface area contributed by atoms with Crippen LogP contribution in [0, 0.1) is 0 Å². The first-order chi connectivity index (χ1) is 0. The van der Waals surface area contributed by atoms with Crippen molar-refractivity contribution >= 4 is 47.0 Å². The summed E-state index contributed by atoms with van der Waals surface area (Å²) in [5.41, 5.74) is 0. The molecule has 0 aliphatic rings. The van der Waals surface area contributed by atoms with E-state index in [2.05, 4.69) is 0 Å². The van der Waals surface area contributed by atoms with Gasteiger partial charge < -0.3 is 0 Å². The Morgan fingerprint density at radius 3 is 1.00 bits per heavy atom. The second kappa shape index (κ2) is 24.9. The maximum atomic E-state index is 0. The summed E-state index contributed by atoms with van der Waals surface area (Å²) in [5.74, 6) is 0. The Kier molecular flexibility index (Phi) is 185. The zero-order valence-corrected chi connectivity index (χ0v) is 8.65. The molecular weight excluding hydrogens is 352 g/mol. The molecule has 0 amide bonds.